The van der Waals surface area contributed by atoms with Crippen molar-refractivity contribution in [2.45, 2.75) is 26.2 Å². The Morgan fingerprint density at radius 3 is 2.71 bits per heavy atom. The Balaban J connectivity index is 1.96. The third-order valence-corrected chi connectivity index (χ3v) is 3.68. The normalized spacial score (nSPS) is 11.2. The lowest BCUT2D eigenvalue weighted by atomic mass is 10.2. The van der Waals surface area contributed by atoms with Crippen LogP contribution in [0.15, 0.2) is 30.3 Å². The third-order valence-electron chi connectivity index (χ3n) is 3.49. The van der Waals surface area contributed by atoms with E-state index < -0.39 is 0 Å². The van der Waals surface area contributed by atoms with E-state index in [2.05, 4.69) is 32.5 Å². The van der Waals surface area contributed by atoms with E-state index in [0.29, 0.717) is 11.6 Å². The molecule has 2 heterocycles. The summed E-state index contributed by atoms with van der Waals surface area (Å²) >= 11 is 6.09. The van der Waals surface area contributed by atoms with E-state index in [-0.39, 0.29) is 0 Å². The highest BCUT2D eigenvalue weighted by molar-refractivity contribution is 6.29. The van der Waals surface area contributed by atoms with Gasteiger partial charge in [0.1, 0.15) is 16.8 Å². The van der Waals surface area contributed by atoms with Crippen molar-refractivity contribution in [1.29, 1.82) is 0 Å². The second-order valence-corrected chi connectivity index (χ2v) is 5.49. The number of fused-ring (bicyclic) bond motifs is 1. The highest BCUT2D eigenvalue weighted by atomic mass is 35.5. The molecule has 3 rings (SSSR count). The van der Waals surface area contributed by atoms with Crippen LogP contribution in [0.2, 0.25) is 5.15 Å². The molecule has 4 nitrogen and oxygen atoms in total. The molecule has 0 radical (unpaired) electrons. The van der Waals surface area contributed by atoms with Crippen molar-refractivity contribution in [3.05, 3.63) is 52.8 Å². The number of benzene rings is 1. The Labute approximate surface area is 128 Å². The predicted molar refractivity (Wildman–Crippen MR) is 84.6 cm³/mol. The first-order chi connectivity index (χ1) is 10.2. The van der Waals surface area contributed by atoms with Crippen molar-refractivity contribution in [1.82, 2.24) is 19.5 Å². The van der Waals surface area contributed by atoms with Crippen molar-refractivity contribution in [2.24, 2.45) is 7.05 Å². The highest BCUT2D eigenvalue weighted by Gasteiger charge is 2.10. The Bertz CT molecular complexity index is 779. The zero-order valence-electron chi connectivity index (χ0n) is 12.2. The first kappa shape index (κ1) is 14.0. The summed E-state index contributed by atoms with van der Waals surface area (Å²) in [5, 5.41) is 0.502. The Kier molecular flexibility index (Phi) is 3.88. The molecule has 108 valence electrons. The van der Waals surface area contributed by atoms with Gasteiger partial charge in [0.25, 0.3) is 0 Å². The number of nitrogens with zero attached hydrogens (tertiary/aromatic N) is 4. The van der Waals surface area contributed by atoms with E-state index in [4.69, 9.17) is 11.6 Å². The number of imidazole rings is 1. The number of rotatable bonds is 4. The molecule has 0 N–H and O–H groups in total. The lowest BCUT2D eigenvalue weighted by Gasteiger charge is -2.05. The fraction of sp³-hybridized carbons (Fsp3) is 0.312. The topological polar surface area (TPSA) is 43.6 Å². The molecule has 0 spiro atoms. The second kappa shape index (κ2) is 5.82. The quantitative estimate of drug-likeness (QED) is 0.692. The van der Waals surface area contributed by atoms with Crippen LogP contribution in [-0.2, 0) is 19.9 Å². The SMILES string of the molecule is CCCc1nc(Cl)cc(Cc2nc3ccccc3n2C)n1. The monoisotopic (exact) mass is 300 g/mol. The van der Waals surface area contributed by atoms with Crippen LogP contribution >= 0.6 is 11.6 Å². The van der Waals surface area contributed by atoms with Crippen molar-refractivity contribution >= 4 is 22.6 Å². The van der Waals surface area contributed by atoms with Crippen molar-refractivity contribution in [2.75, 3.05) is 0 Å². The highest BCUT2D eigenvalue weighted by Crippen LogP contribution is 2.17. The van der Waals surface area contributed by atoms with Gasteiger partial charge in [-0.15, -0.1) is 0 Å². The summed E-state index contributed by atoms with van der Waals surface area (Å²) in [5.74, 6) is 1.78. The van der Waals surface area contributed by atoms with Gasteiger partial charge in [0.05, 0.1) is 16.7 Å². The first-order valence-corrected chi connectivity index (χ1v) is 7.48. The maximum Gasteiger partial charge on any atom is 0.133 e. The molecular weight excluding hydrogens is 284 g/mol. The summed E-state index contributed by atoms with van der Waals surface area (Å²) in [5.41, 5.74) is 3.04. The summed E-state index contributed by atoms with van der Waals surface area (Å²) in [7, 11) is 2.03. The molecule has 0 aliphatic carbocycles. The van der Waals surface area contributed by atoms with Crippen LogP contribution in [-0.4, -0.2) is 19.5 Å². The van der Waals surface area contributed by atoms with Gasteiger partial charge < -0.3 is 4.57 Å². The molecular formula is C16H17ClN4. The minimum absolute atomic E-state index is 0.502. The molecule has 2 aromatic heterocycles. The van der Waals surface area contributed by atoms with Crippen molar-refractivity contribution < 1.29 is 0 Å². The summed E-state index contributed by atoms with van der Waals surface area (Å²) in [4.78, 5) is 13.5. The van der Waals surface area contributed by atoms with E-state index in [9.17, 15) is 0 Å². The molecule has 21 heavy (non-hydrogen) atoms. The van der Waals surface area contributed by atoms with E-state index >= 15 is 0 Å². The van der Waals surface area contributed by atoms with Gasteiger partial charge in [0.2, 0.25) is 0 Å². The summed E-state index contributed by atoms with van der Waals surface area (Å²) in [6.07, 6.45) is 2.51. The maximum atomic E-state index is 6.09. The Hall–Kier alpha value is -1.94. The van der Waals surface area contributed by atoms with Crippen LogP contribution < -0.4 is 0 Å². The lowest BCUT2D eigenvalue weighted by molar-refractivity contribution is 0.791. The number of hydrogen-bond acceptors (Lipinski definition) is 3. The van der Waals surface area contributed by atoms with Gasteiger partial charge in [-0.05, 0) is 24.6 Å². The molecule has 0 saturated heterocycles. The van der Waals surface area contributed by atoms with E-state index in [0.717, 1.165) is 41.2 Å². The molecule has 1 aromatic carbocycles. The van der Waals surface area contributed by atoms with Gasteiger partial charge in [-0.25, -0.2) is 15.0 Å². The fourth-order valence-corrected chi connectivity index (χ4v) is 2.68. The van der Waals surface area contributed by atoms with Crippen LogP contribution in [0.1, 0.15) is 30.7 Å². The molecule has 0 aliphatic rings. The largest absolute Gasteiger partial charge is 0.331 e. The molecule has 5 heteroatoms. The number of para-hydroxylation sites is 2. The minimum atomic E-state index is 0.502. The molecule has 0 atom stereocenters. The molecule has 0 fully saturated rings. The molecule has 0 amide bonds. The standard InChI is InChI=1S/C16H17ClN4/c1-3-6-15-18-11(9-14(17)20-15)10-16-19-12-7-4-5-8-13(12)21(16)2/h4-5,7-9H,3,6,10H2,1-2H3. The molecule has 0 aliphatic heterocycles. The van der Waals surface area contributed by atoms with Gasteiger partial charge in [-0.3, -0.25) is 0 Å². The van der Waals surface area contributed by atoms with Crippen LogP contribution in [0, 0.1) is 0 Å². The summed E-state index contributed by atoms with van der Waals surface area (Å²) < 4.78 is 2.10. The van der Waals surface area contributed by atoms with E-state index in [1.165, 1.54) is 0 Å². The van der Waals surface area contributed by atoms with Gasteiger partial charge in [0, 0.05) is 19.9 Å². The predicted octanol–water partition coefficient (Wildman–Crippen LogP) is 3.56. The van der Waals surface area contributed by atoms with Gasteiger partial charge in [0.15, 0.2) is 0 Å². The summed E-state index contributed by atoms with van der Waals surface area (Å²) in [6.45, 7) is 2.11. The van der Waals surface area contributed by atoms with Gasteiger partial charge in [-0.2, -0.15) is 0 Å². The number of halogens is 1. The van der Waals surface area contributed by atoms with Crippen molar-refractivity contribution in [3.63, 3.8) is 0 Å². The first-order valence-electron chi connectivity index (χ1n) is 7.10. The average Bonchev–Trinajstić information content (AvgIpc) is 2.76. The Morgan fingerprint density at radius 2 is 1.95 bits per heavy atom. The molecule has 3 aromatic rings. The summed E-state index contributed by atoms with van der Waals surface area (Å²) in [6, 6.07) is 9.93. The average molecular weight is 301 g/mol. The van der Waals surface area contributed by atoms with Crippen LogP contribution in [0.3, 0.4) is 0 Å². The van der Waals surface area contributed by atoms with Crippen molar-refractivity contribution in [3.8, 4) is 0 Å². The number of aryl methyl sites for hydroxylation is 2. The third kappa shape index (κ3) is 2.90. The second-order valence-electron chi connectivity index (χ2n) is 5.10. The van der Waals surface area contributed by atoms with Gasteiger partial charge in [-0.1, -0.05) is 30.7 Å². The van der Waals surface area contributed by atoms with Gasteiger partial charge >= 0.3 is 0 Å². The molecule has 0 bridgehead atoms. The molecule has 0 saturated carbocycles. The van der Waals surface area contributed by atoms with Crippen LogP contribution in [0.4, 0.5) is 0 Å². The molecule has 0 unspecified atom stereocenters. The van der Waals surface area contributed by atoms with E-state index in [1.807, 2.05) is 31.3 Å². The zero-order chi connectivity index (χ0) is 14.8. The fourth-order valence-electron chi connectivity index (χ4n) is 2.46. The smallest absolute Gasteiger partial charge is 0.133 e. The van der Waals surface area contributed by atoms with Crippen LogP contribution in [0.5, 0.6) is 0 Å². The maximum absolute atomic E-state index is 6.09. The number of hydrogen-bond donors (Lipinski definition) is 0. The minimum Gasteiger partial charge on any atom is -0.331 e. The van der Waals surface area contributed by atoms with E-state index in [1.54, 1.807) is 0 Å². The number of aromatic nitrogens is 4. The van der Waals surface area contributed by atoms with Crippen LogP contribution in [0.25, 0.3) is 11.0 Å². The Morgan fingerprint density at radius 1 is 1.14 bits per heavy atom. The zero-order valence-corrected chi connectivity index (χ0v) is 12.9. The lowest BCUT2D eigenvalue weighted by Crippen LogP contribution is -2.04.